The summed E-state index contributed by atoms with van der Waals surface area (Å²) in [7, 11) is 1.55. The number of rotatable bonds is 7. The Morgan fingerprint density at radius 1 is 0.973 bits per heavy atom. The second kappa shape index (κ2) is 12.3. The van der Waals surface area contributed by atoms with Crippen molar-refractivity contribution in [1.29, 1.82) is 0 Å². The number of oxime groups is 1. The minimum absolute atomic E-state index is 0.468. The first kappa shape index (κ1) is 26.0. The number of benzene rings is 3. The molecule has 2 amide bonds. The lowest BCUT2D eigenvalue weighted by Gasteiger charge is -2.31. The molecule has 1 fully saturated rings. The molecular formula is C28H29ClN4O4. The number of carbonyl (C=O) groups is 2. The van der Waals surface area contributed by atoms with Crippen LogP contribution in [0, 0.1) is 6.92 Å². The van der Waals surface area contributed by atoms with Gasteiger partial charge in [-0.2, -0.15) is 0 Å². The number of ether oxygens (including phenoxy) is 1. The van der Waals surface area contributed by atoms with Gasteiger partial charge in [0.15, 0.2) is 0 Å². The number of amidine groups is 1. The van der Waals surface area contributed by atoms with Gasteiger partial charge in [-0.05, 0) is 67.8 Å². The van der Waals surface area contributed by atoms with Gasteiger partial charge < -0.3 is 19.8 Å². The van der Waals surface area contributed by atoms with Crippen LogP contribution in [0.1, 0.15) is 36.5 Å². The molecule has 0 saturated carbocycles. The summed E-state index contributed by atoms with van der Waals surface area (Å²) in [5.41, 5.74) is 3.62. The first-order chi connectivity index (χ1) is 17.9. The third-order valence-corrected chi connectivity index (χ3v) is 6.20. The van der Waals surface area contributed by atoms with E-state index in [1.807, 2.05) is 31.2 Å². The molecule has 1 aliphatic rings. The molecule has 37 heavy (non-hydrogen) atoms. The van der Waals surface area contributed by atoms with E-state index in [0.29, 0.717) is 22.0 Å². The van der Waals surface area contributed by atoms with Crippen LogP contribution in [0.25, 0.3) is 0 Å². The van der Waals surface area contributed by atoms with Crippen molar-refractivity contribution in [2.24, 2.45) is 5.16 Å². The number of nitrogens with one attached hydrogen (secondary N) is 2. The van der Waals surface area contributed by atoms with Crippen molar-refractivity contribution in [3.63, 3.8) is 0 Å². The van der Waals surface area contributed by atoms with Crippen molar-refractivity contribution in [3.05, 3.63) is 88.9 Å². The van der Waals surface area contributed by atoms with Gasteiger partial charge in [0.2, 0.25) is 6.10 Å². The number of hydrogen-bond acceptors (Lipinski definition) is 5. The predicted molar refractivity (Wildman–Crippen MR) is 146 cm³/mol. The van der Waals surface area contributed by atoms with Gasteiger partial charge in [-0.15, -0.1) is 0 Å². The van der Waals surface area contributed by atoms with Gasteiger partial charge in [-0.1, -0.05) is 47.1 Å². The SMILES string of the molecule is CON=C1CCCCN1c1ccc(NC(=O)[C@@H](OC(=O)Nc2ccc(Cl)cc2)c2ccccc2)cc1C. The summed E-state index contributed by atoms with van der Waals surface area (Å²) >= 11 is 5.91. The van der Waals surface area contributed by atoms with Gasteiger partial charge in [0.1, 0.15) is 12.9 Å². The van der Waals surface area contributed by atoms with Crippen LogP contribution in [0.5, 0.6) is 0 Å². The monoisotopic (exact) mass is 520 g/mol. The second-order valence-electron chi connectivity index (χ2n) is 8.62. The lowest BCUT2D eigenvalue weighted by Crippen LogP contribution is -2.36. The topological polar surface area (TPSA) is 92.3 Å². The highest BCUT2D eigenvalue weighted by Crippen LogP contribution is 2.29. The molecule has 8 nitrogen and oxygen atoms in total. The normalized spacial score (nSPS) is 15.1. The Morgan fingerprint density at radius 2 is 1.70 bits per heavy atom. The third kappa shape index (κ3) is 6.80. The molecule has 0 spiro atoms. The van der Waals surface area contributed by atoms with Crippen LogP contribution in [-0.4, -0.2) is 31.5 Å². The predicted octanol–water partition coefficient (Wildman–Crippen LogP) is 6.53. The van der Waals surface area contributed by atoms with E-state index in [4.69, 9.17) is 21.2 Å². The van der Waals surface area contributed by atoms with E-state index in [1.165, 1.54) is 0 Å². The van der Waals surface area contributed by atoms with Crippen LogP contribution in [0.4, 0.5) is 21.9 Å². The minimum atomic E-state index is -1.16. The molecular weight excluding hydrogens is 492 g/mol. The summed E-state index contributed by atoms with van der Waals surface area (Å²) in [6.45, 7) is 2.83. The minimum Gasteiger partial charge on any atom is -0.431 e. The smallest absolute Gasteiger partial charge is 0.412 e. The summed E-state index contributed by atoms with van der Waals surface area (Å²) in [5, 5.41) is 10.2. The van der Waals surface area contributed by atoms with E-state index in [-0.39, 0.29) is 0 Å². The van der Waals surface area contributed by atoms with E-state index in [9.17, 15) is 9.59 Å². The molecule has 0 aromatic heterocycles. The van der Waals surface area contributed by atoms with Gasteiger partial charge >= 0.3 is 6.09 Å². The van der Waals surface area contributed by atoms with E-state index < -0.39 is 18.1 Å². The molecule has 1 heterocycles. The van der Waals surface area contributed by atoms with Crippen LogP contribution in [0.3, 0.4) is 0 Å². The number of amides is 2. The molecule has 0 aliphatic carbocycles. The van der Waals surface area contributed by atoms with Crippen LogP contribution >= 0.6 is 11.6 Å². The highest BCUT2D eigenvalue weighted by Gasteiger charge is 2.26. The summed E-state index contributed by atoms with van der Waals surface area (Å²) in [6.07, 6.45) is 1.07. The fraction of sp³-hybridized carbons (Fsp3) is 0.250. The fourth-order valence-corrected chi connectivity index (χ4v) is 4.34. The first-order valence-electron chi connectivity index (χ1n) is 12.0. The maximum Gasteiger partial charge on any atom is 0.412 e. The largest absolute Gasteiger partial charge is 0.431 e. The van der Waals surface area contributed by atoms with Gasteiger partial charge in [0.25, 0.3) is 5.91 Å². The molecule has 3 aromatic rings. The van der Waals surface area contributed by atoms with Crippen molar-refractivity contribution in [1.82, 2.24) is 0 Å². The van der Waals surface area contributed by atoms with Crippen LogP contribution < -0.4 is 15.5 Å². The molecule has 3 aromatic carbocycles. The van der Waals surface area contributed by atoms with E-state index in [1.54, 1.807) is 55.6 Å². The molecule has 0 bridgehead atoms. The molecule has 192 valence electrons. The van der Waals surface area contributed by atoms with Crippen molar-refractivity contribution < 1.29 is 19.2 Å². The Morgan fingerprint density at radius 3 is 2.41 bits per heavy atom. The highest BCUT2D eigenvalue weighted by atomic mass is 35.5. The van der Waals surface area contributed by atoms with Crippen molar-refractivity contribution in [3.8, 4) is 0 Å². The average molecular weight is 521 g/mol. The van der Waals surface area contributed by atoms with Crippen molar-refractivity contribution in [2.45, 2.75) is 32.3 Å². The van der Waals surface area contributed by atoms with Gasteiger partial charge in [0, 0.05) is 40.6 Å². The quantitative estimate of drug-likeness (QED) is 0.346. The maximum atomic E-state index is 13.3. The number of nitrogens with zero attached hydrogens (tertiary/aromatic N) is 2. The fourth-order valence-electron chi connectivity index (χ4n) is 4.21. The number of carbonyl (C=O) groups excluding carboxylic acids is 2. The summed E-state index contributed by atoms with van der Waals surface area (Å²) < 4.78 is 5.56. The Balaban J connectivity index is 1.50. The van der Waals surface area contributed by atoms with E-state index in [0.717, 1.165) is 42.9 Å². The van der Waals surface area contributed by atoms with Crippen LogP contribution in [-0.2, 0) is 14.4 Å². The lowest BCUT2D eigenvalue weighted by molar-refractivity contribution is -0.124. The van der Waals surface area contributed by atoms with Crippen LogP contribution in [0.2, 0.25) is 5.02 Å². The van der Waals surface area contributed by atoms with Crippen molar-refractivity contribution >= 4 is 46.5 Å². The maximum absolute atomic E-state index is 13.3. The van der Waals surface area contributed by atoms with E-state index in [2.05, 4.69) is 20.7 Å². The summed E-state index contributed by atoms with van der Waals surface area (Å²) in [6, 6.07) is 21.1. The zero-order valence-electron chi connectivity index (χ0n) is 20.7. The van der Waals surface area contributed by atoms with Gasteiger partial charge in [-0.25, -0.2) is 4.79 Å². The average Bonchev–Trinajstić information content (AvgIpc) is 2.90. The number of aryl methyl sites for hydroxylation is 1. The summed E-state index contributed by atoms with van der Waals surface area (Å²) in [4.78, 5) is 33.1. The molecule has 0 unspecified atom stereocenters. The van der Waals surface area contributed by atoms with Crippen molar-refractivity contribution in [2.75, 3.05) is 29.2 Å². The summed E-state index contributed by atoms with van der Waals surface area (Å²) in [5.74, 6) is 0.419. The van der Waals surface area contributed by atoms with Crippen LogP contribution in [0.15, 0.2) is 78.0 Å². The Hall–Kier alpha value is -4.04. The number of piperidine rings is 1. The molecule has 1 saturated heterocycles. The molecule has 4 rings (SSSR count). The zero-order valence-corrected chi connectivity index (χ0v) is 21.5. The third-order valence-electron chi connectivity index (χ3n) is 5.95. The molecule has 1 atom stereocenters. The standard InChI is InChI=1S/C28H29ClN4O4/c1-19-18-23(15-16-24(19)33-17-7-6-10-25(33)32-36-2)30-27(34)26(20-8-4-3-5-9-20)37-28(35)31-22-13-11-21(29)12-14-22/h3-5,8-9,11-16,18,26H,6-7,10,17H2,1-2H3,(H,30,34)(H,31,35)/t26-/m0/s1. The highest BCUT2D eigenvalue weighted by molar-refractivity contribution is 6.30. The van der Waals surface area contributed by atoms with Gasteiger partial charge in [0.05, 0.1) is 0 Å². The number of hydrogen-bond donors (Lipinski definition) is 2. The molecule has 2 N–H and O–H groups in total. The Bertz CT molecular complexity index is 1260. The second-order valence-corrected chi connectivity index (χ2v) is 9.05. The van der Waals surface area contributed by atoms with Gasteiger partial charge in [-0.3, -0.25) is 10.1 Å². The lowest BCUT2D eigenvalue weighted by atomic mass is 10.1. The van der Waals surface area contributed by atoms with E-state index >= 15 is 0 Å². The first-order valence-corrected chi connectivity index (χ1v) is 12.4. The number of anilines is 3. The number of halogens is 1. The Labute approximate surface area is 221 Å². The molecule has 1 aliphatic heterocycles. The zero-order chi connectivity index (χ0) is 26.2. The Kier molecular flexibility index (Phi) is 8.64. The molecule has 0 radical (unpaired) electrons. The molecule has 9 heteroatoms.